The minimum Gasteiger partial charge on any atom is -0.497 e. The Bertz CT molecular complexity index is 969. The Balaban J connectivity index is 1.40. The summed E-state index contributed by atoms with van der Waals surface area (Å²) in [5.74, 6) is 1.71. The number of carbonyl (C=O) groups excluding carboxylic acids is 1. The highest BCUT2D eigenvalue weighted by Crippen LogP contribution is 2.29. The molecule has 0 radical (unpaired) electrons. The SMILES string of the molecule is COc1ccc(CNC(=O)N2CCC(n3c(C)cnc3-c3cccnc3)C2)cc1. The Hall–Kier alpha value is -3.35. The van der Waals surface area contributed by atoms with Crippen LogP contribution in [0.2, 0.25) is 0 Å². The molecule has 4 rings (SSSR count). The van der Waals surface area contributed by atoms with Crippen LogP contribution in [0.5, 0.6) is 5.75 Å². The topological polar surface area (TPSA) is 72.3 Å². The first-order valence-electron chi connectivity index (χ1n) is 9.75. The summed E-state index contributed by atoms with van der Waals surface area (Å²) in [6, 6.07) is 11.8. The maximum atomic E-state index is 12.7. The Labute approximate surface area is 170 Å². The predicted octanol–water partition coefficient (Wildman–Crippen LogP) is 3.42. The van der Waals surface area contributed by atoms with E-state index in [4.69, 9.17) is 4.74 Å². The highest BCUT2D eigenvalue weighted by molar-refractivity contribution is 5.74. The third-order valence-electron chi connectivity index (χ3n) is 5.32. The second-order valence-electron chi connectivity index (χ2n) is 7.23. The van der Waals surface area contributed by atoms with E-state index in [9.17, 15) is 4.79 Å². The van der Waals surface area contributed by atoms with Gasteiger partial charge in [-0.1, -0.05) is 12.1 Å². The summed E-state index contributed by atoms with van der Waals surface area (Å²) in [5.41, 5.74) is 3.12. The Morgan fingerprint density at radius 2 is 2.07 bits per heavy atom. The molecule has 1 fully saturated rings. The number of amides is 2. The Kier molecular flexibility index (Phi) is 5.46. The van der Waals surface area contributed by atoms with E-state index in [-0.39, 0.29) is 12.1 Å². The molecule has 1 saturated heterocycles. The second-order valence-corrected chi connectivity index (χ2v) is 7.23. The maximum absolute atomic E-state index is 12.7. The number of carbonyl (C=O) groups is 1. The average Bonchev–Trinajstić information content (AvgIpc) is 3.39. The molecule has 3 aromatic rings. The quantitative estimate of drug-likeness (QED) is 0.723. The van der Waals surface area contributed by atoms with Crippen molar-refractivity contribution in [2.45, 2.75) is 25.9 Å². The van der Waals surface area contributed by atoms with E-state index < -0.39 is 0 Å². The number of pyridine rings is 1. The van der Waals surface area contributed by atoms with Gasteiger partial charge in [0.05, 0.1) is 13.2 Å². The number of imidazole rings is 1. The molecule has 0 aliphatic carbocycles. The minimum absolute atomic E-state index is 0.0379. The number of aryl methyl sites for hydroxylation is 1. The van der Waals surface area contributed by atoms with E-state index >= 15 is 0 Å². The lowest BCUT2D eigenvalue weighted by Gasteiger charge is -2.20. The summed E-state index contributed by atoms with van der Waals surface area (Å²) in [7, 11) is 1.64. The van der Waals surface area contributed by atoms with Crippen molar-refractivity contribution in [3.63, 3.8) is 0 Å². The first kappa shape index (κ1) is 19.0. The van der Waals surface area contributed by atoms with Crippen molar-refractivity contribution in [2.24, 2.45) is 0 Å². The molecule has 29 heavy (non-hydrogen) atoms. The van der Waals surface area contributed by atoms with Crippen LogP contribution >= 0.6 is 0 Å². The van der Waals surface area contributed by atoms with E-state index in [2.05, 4.69) is 26.8 Å². The summed E-state index contributed by atoms with van der Waals surface area (Å²) < 4.78 is 7.40. The number of aromatic nitrogens is 3. The van der Waals surface area contributed by atoms with E-state index in [0.29, 0.717) is 13.1 Å². The molecular formula is C22H25N5O2. The summed E-state index contributed by atoms with van der Waals surface area (Å²) >= 11 is 0. The van der Waals surface area contributed by atoms with Crippen LogP contribution in [0.15, 0.2) is 55.0 Å². The number of nitrogens with zero attached hydrogens (tertiary/aromatic N) is 4. The van der Waals surface area contributed by atoms with Gasteiger partial charge in [0.1, 0.15) is 11.6 Å². The van der Waals surface area contributed by atoms with Gasteiger partial charge in [0, 0.05) is 49.5 Å². The highest BCUT2D eigenvalue weighted by atomic mass is 16.5. The van der Waals surface area contributed by atoms with Crippen LogP contribution in [-0.2, 0) is 6.54 Å². The van der Waals surface area contributed by atoms with Crippen LogP contribution in [-0.4, -0.2) is 45.7 Å². The molecule has 1 aliphatic heterocycles. The van der Waals surface area contributed by atoms with Crippen molar-refractivity contribution in [3.05, 3.63) is 66.2 Å². The van der Waals surface area contributed by atoms with Gasteiger partial charge in [-0.3, -0.25) is 4.98 Å². The number of likely N-dealkylation sites (tertiary alicyclic amines) is 1. The van der Waals surface area contributed by atoms with Crippen LogP contribution < -0.4 is 10.1 Å². The number of methoxy groups -OCH3 is 1. The lowest BCUT2D eigenvalue weighted by atomic mass is 10.2. The largest absolute Gasteiger partial charge is 0.497 e. The minimum atomic E-state index is -0.0379. The smallest absolute Gasteiger partial charge is 0.317 e. The Morgan fingerprint density at radius 1 is 1.24 bits per heavy atom. The van der Waals surface area contributed by atoms with Gasteiger partial charge in [-0.25, -0.2) is 9.78 Å². The van der Waals surface area contributed by atoms with Crippen molar-refractivity contribution >= 4 is 6.03 Å². The number of hydrogen-bond acceptors (Lipinski definition) is 4. The lowest BCUT2D eigenvalue weighted by Crippen LogP contribution is -2.38. The van der Waals surface area contributed by atoms with Crippen LogP contribution in [0.1, 0.15) is 23.7 Å². The third-order valence-corrected chi connectivity index (χ3v) is 5.32. The van der Waals surface area contributed by atoms with Crippen molar-refractivity contribution in [1.82, 2.24) is 24.8 Å². The molecule has 1 unspecified atom stereocenters. The van der Waals surface area contributed by atoms with E-state index in [1.165, 1.54) is 0 Å². The fourth-order valence-electron chi connectivity index (χ4n) is 3.79. The number of ether oxygens (including phenoxy) is 1. The molecule has 7 heteroatoms. The number of hydrogen-bond donors (Lipinski definition) is 1. The van der Waals surface area contributed by atoms with Gasteiger partial charge in [-0.15, -0.1) is 0 Å². The molecule has 1 aromatic carbocycles. The van der Waals surface area contributed by atoms with E-state index in [1.54, 1.807) is 13.3 Å². The van der Waals surface area contributed by atoms with Gasteiger partial charge in [0.15, 0.2) is 0 Å². The van der Waals surface area contributed by atoms with Crippen LogP contribution in [0.3, 0.4) is 0 Å². The zero-order valence-electron chi connectivity index (χ0n) is 16.7. The van der Waals surface area contributed by atoms with Gasteiger partial charge in [-0.05, 0) is 43.2 Å². The van der Waals surface area contributed by atoms with Gasteiger partial charge < -0.3 is 19.5 Å². The maximum Gasteiger partial charge on any atom is 0.317 e. The summed E-state index contributed by atoms with van der Waals surface area (Å²) in [6.07, 6.45) is 6.37. The first-order valence-corrected chi connectivity index (χ1v) is 9.75. The number of nitrogens with one attached hydrogen (secondary N) is 1. The summed E-state index contributed by atoms with van der Waals surface area (Å²) in [5, 5.41) is 3.02. The molecule has 1 aliphatic rings. The fraction of sp³-hybridized carbons (Fsp3) is 0.318. The average molecular weight is 391 g/mol. The zero-order chi connectivity index (χ0) is 20.2. The van der Waals surface area contributed by atoms with Gasteiger partial charge in [0.2, 0.25) is 0 Å². The lowest BCUT2D eigenvalue weighted by molar-refractivity contribution is 0.206. The highest BCUT2D eigenvalue weighted by Gasteiger charge is 2.29. The predicted molar refractivity (Wildman–Crippen MR) is 111 cm³/mol. The molecular weight excluding hydrogens is 366 g/mol. The van der Waals surface area contributed by atoms with Gasteiger partial charge >= 0.3 is 6.03 Å². The van der Waals surface area contributed by atoms with Crippen molar-refractivity contribution in [1.29, 1.82) is 0 Å². The number of benzene rings is 1. The van der Waals surface area contributed by atoms with Crippen molar-refractivity contribution in [2.75, 3.05) is 20.2 Å². The summed E-state index contributed by atoms with van der Waals surface area (Å²) in [4.78, 5) is 23.3. The standard InChI is InChI=1S/C22H25N5O2/c1-16-12-24-21(18-4-3-10-23-14-18)27(16)19-9-11-26(15-19)22(28)25-13-17-5-7-20(29-2)8-6-17/h3-8,10,12,14,19H,9,11,13,15H2,1-2H3,(H,25,28). The molecule has 0 bridgehead atoms. The first-order chi connectivity index (χ1) is 14.2. The molecule has 7 nitrogen and oxygen atoms in total. The van der Waals surface area contributed by atoms with Crippen molar-refractivity contribution in [3.8, 4) is 17.1 Å². The van der Waals surface area contributed by atoms with Crippen molar-refractivity contribution < 1.29 is 9.53 Å². The molecule has 2 aromatic heterocycles. The van der Waals surface area contributed by atoms with Gasteiger partial charge in [-0.2, -0.15) is 0 Å². The molecule has 0 spiro atoms. The second kappa shape index (κ2) is 8.34. The van der Waals surface area contributed by atoms with E-state index in [1.807, 2.05) is 53.7 Å². The van der Waals surface area contributed by atoms with Gasteiger partial charge in [0.25, 0.3) is 0 Å². The monoisotopic (exact) mass is 391 g/mol. The zero-order valence-corrected chi connectivity index (χ0v) is 16.7. The molecule has 1 atom stereocenters. The van der Waals surface area contributed by atoms with Crippen LogP contribution in [0.25, 0.3) is 11.4 Å². The molecule has 0 saturated carbocycles. The number of urea groups is 1. The fourth-order valence-corrected chi connectivity index (χ4v) is 3.79. The summed E-state index contributed by atoms with van der Waals surface area (Å²) in [6.45, 7) is 3.94. The van der Waals surface area contributed by atoms with E-state index in [0.717, 1.165) is 41.4 Å². The van der Waals surface area contributed by atoms with Crippen LogP contribution in [0.4, 0.5) is 4.79 Å². The number of rotatable bonds is 5. The Morgan fingerprint density at radius 3 is 2.79 bits per heavy atom. The molecule has 150 valence electrons. The molecule has 1 N–H and O–H groups in total. The molecule has 3 heterocycles. The molecule has 2 amide bonds. The third kappa shape index (κ3) is 4.08. The van der Waals surface area contributed by atoms with Crippen LogP contribution in [0, 0.1) is 6.92 Å². The normalized spacial score (nSPS) is 16.1.